The third-order valence-corrected chi connectivity index (χ3v) is 5.99. The molecular formula is C25H37IN4O2. The van der Waals surface area contributed by atoms with Crippen LogP contribution in [0.15, 0.2) is 58.1 Å². The van der Waals surface area contributed by atoms with Gasteiger partial charge in [0, 0.05) is 38.0 Å². The molecule has 1 aliphatic heterocycles. The van der Waals surface area contributed by atoms with Gasteiger partial charge in [0.1, 0.15) is 5.76 Å². The van der Waals surface area contributed by atoms with E-state index in [-0.39, 0.29) is 29.9 Å². The van der Waals surface area contributed by atoms with E-state index >= 15 is 0 Å². The second kappa shape index (κ2) is 14.2. The molecule has 0 bridgehead atoms. The van der Waals surface area contributed by atoms with E-state index in [2.05, 4.69) is 36.6 Å². The van der Waals surface area contributed by atoms with Gasteiger partial charge in [-0.3, -0.25) is 4.79 Å². The first-order valence-electron chi connectivity index (χ1n) is 11.6. The number of halogens is 1. The van der Waals surface area contributed by atoms with Crippen molar-refractivity contribution in [3.05, 3.63) is 60.1 Å². The molecular weight excluding hydrogens is 515 g/mol. The third kappa shape index (κ3) is 8.15. The van der Waals surface area contributed by atoms with Gasteiger partial charge >= 0.3 is 0 Å². The molecule has 0 saturated carbocycles. The maximum atomic E-state index is 12.7. The molecule has 2 N–H and O–H groups in total. The van der Waals surface area contributed by atoms with E-state index in [1.54, 1.807) is 6.26 Å². The summed E-state index contributed by atoms with van der Waals surface area (Å²) in [6, 6.07) is 14.5. The van der Waals surface area contributed by atoms with Crippen molar-refractivity contribution < 1.29 is 9.21 Å². The zero-order chi connectivity index (χ0) is 21.9. The standard InChI is InChI=1S/C25H36N4O2.HI/c1-3-21(4-2)24(30)29-16-13-22(14-17-29)28-25(26-15-12-23-11-8-18-31-23)27-19-20-9-6-5-7-10-20;/h5-11,18,21-22H,3-4,12-17,19H2,1-2H3,(H2,26,27,28);1H. The SMILES string of the molecule is CCC(CC)C(=O)N1CCC(NC(=NCc2ccccc2)NCCc2ccco2)CC1.I. The van der Waals surface area contributed by atoms with Crippen LogP contribution in [0.5, 0.6) is 0 Å². The summed E-state index contributed by atoms with van der Waals surface area (Å²) in [7, 11) is 0. The van der Waals surface area contributed by atoms with Gasteiger partial charge in [-0.25, -0.2) is 4.99 Å². The van der Waals surface area contributed by atoms with E-state index in [1.165, 1.54) is 5.56 Å². The average Bonchev–Trinajstić information content (AvgIpc) is 3.33. The fourth-order valence-electron chi connectivity index (χ4n) is 4.00. The monoisotopic (exact) mass is 552 g/mol. The lowest BCUT2D eigenvalue weighted by atomic mass is 9.98. The Morgan fingerprint density at radius 1 is 1.12 bits per heavy atom. The molecule has 1 fully saturated rings. The van der Waals surface area contributed by atoms with Crippen LogP contribution in [0.3, 0.4) is 0 Å². The Bertz CT molecular complexity index is 799. The number of carbonyl (C=O) groups is 1. The number of rotatable bonds is 9. The highest BCUT2D eigenvalue weighted by Gasteiger charge is 2.26. The summed E-state index contributed by atoms with van der Waals surface area (Å²) in [4.78, 5) is 19.5. The molecule has 1 amide bonds. The van der Waals surface area contributed by atoms with Crippen molar-refractivity contribution in [3.63, 3.8) is 0 Å². The van der Waals surface area contributed by atoms with Gasteiger partial charge in [-0.05, 0) is 43.4 Å². The summed E-state index contributed by atoms with van der Waals surface area (Å²) in [5.74, 6) is 2.26. The van der Waals surface area contributed by atoms with E-state index in [1.807, 2.05) is 35.2 Å². The van der Waals surface area contributed by atoms with Crippen molar-refractivity contribution in [1.82, 2.24) is 15.5 Å². The Hall–Kier alpha value is -2.03. The Kier molecular flexibility index (Phi) is 11.6. The van der Waals surface area contributed by atoms with Gasteiger partial charge in [0.05, 0.1) is 12.8 Å². The minimum absolute atomic E-state index is 0. The van der Waals surface area contributed by atoms with Gasteiger partial charge in [0.15, 0.2) is 5.96 Å². The molecule has 0 aliphatic carbocycles. The lowest BCUT2D eigenvalue weighted by molar-refractivity contribution is -0.136. The van der Waals surface area contributed by atoms with E-state index < -0.39 is 0 Å². The fourth-order valence-corrected chi connectivity index (χ4v) is 4.00. The second-order valence-corrected chi connectivity index (χ2v) is 8.16. The van der Waals surface area contributed by atoms with Gasteiger partial charge < -0.3 is 20.0 Å². The molecule has 176 valence electrons. The largest absolute Gasteiger partial charge is 0.469 e. The molecule has 2 heterocycles. The summed E-state index contributed by atoms with van der Waals surface area (Å²) >= 11 is 0. The summed E-state index contributed by atoms with van der Waals surface area (Å²) in [5.41, 5.74) is 1.18. The number of hydrogen-bond acceptors (Lipinski definition) is 3. The predicted octanol–water partition coefficient (Wildman–Crippen LogP) is 4.60. The number of nitrogens with zero attached hydrogens (tertiary/aromatic N) is 2. The van der Waals surface area contributed by atoms with Crippen molar-refractivity contribution in [2.75, 3.05) is 19.6 Å². The quantitative estimate of drug-likeness (QED) is 0.271. The van der Waals surface area contributed by atoms with Crippen molar-refractivity contribution in [1.29, 1.82) is 0 Å². The highest BCUT2D eigenvalue weighted by Crippen LogP contribution is 2.17. The highest BCUT2D eigenvalue weighted by molar-refractivity contribution is 14.0. The van der Waals surface area contributed by atoms with E-state index in [9.17, 15) is 4.79 Å². The summed E-state index contributed by atoms with van der Waals surface area (Å²) < 4.78 is 5.43. The maximum absolute atomic E-state index is 12.7. The molecule has 1 aromatic heterocycles. The van der Waals surface area contributed by atoms with E-state index in [4.69, 9.17) is 9.41 Å². The summed E-state index contributed by atoms with van der Waals surface area (Å²) in [5, 5.41) is 7.04. The Labute approximate surface area is 209 Å². The van der Waals surface area contributed by atoms with Crippen LogP contribution in [-0.2, 0) is 17.8 Å². The molecule has 3 rings (SSSR count). The number of furan rings is 1. The Morgan fingerprint density at radius 3 is 2.47 bits per heavy atom. The number of carbonyl (C=O) groups excluding carboxylic acids is 1. The van der Waals surface area contributed by atoms with Crippen LogP contribution in [0.25, 0.3) is 0 Å². The summed E-state index contributed by atoms with van der Waals surface area (Å²) in [6.45, 7) is 7.20. The zero-order valence-corrected chi connectivity index (χ0v) is 21.6. The fraction of sp³-hybridized carbons (Fsp3) is 0.520. The first-order valence-corrected chi connectivity index (χ1v) is 11.6. The van der Waals surface area contributed by atoms with Crippen molar-refractivity contribution in [2.24, 2.45) is 10.9 Å². The number of guanidine groups is 1. The number of piperidine rings is 1. The summed E-state index contributed by atoms with van der Waals surface area (Å²) in [6.07, 6.45) is 6.23. The average molecular weight is 553 g/mol. The predicted molar refractivity (Wildman–Crippen MR) is 140 cm³/mol. The van der Waals surface area contributed by atoms with Crippen LogP contribution >= 0.6 is 24.0 Å². The molecule has 6 nitrogen and oxygen atoms in total. The topological polar surface area (TPSA) is 69.9 Å². The van der Waals surface area contributed by atoms with Crippen LogP contribution in [0.2, 0.25) is 0 Å². The first kappa shape index (κ1) is 26.2. The zero-order valence-electron chi connectivity index (χ0n) is 19.3. The number of aliphatic imine (C=N–C) groups is 1. The molecule has 7 heteroatoms. The number of benzene rings is 1. The van der Waals surface area contributed by atoms with Gasteiger partial charge in [-0.15, -0.1) is 24.0 Å². The first-order chi connectivity index (χ1) is 15.2. The van der Waals surface area contributed by atoms with Crippen LogP contribution in [0, 0.1) is 5.92 Å². The van der Waals surface area contributed by atoms with Gasteiger partial charge in [-0.2, -0.15) is 0 Å². The molecule has 0 spiro atoms. The van der Waals surface area contributed by atoms with Crippen molar-refractivity contribution in [3.8, 4) is 0 Å². The minimum atomic E-state index is 0. The Balaban J connectivity index is 0.00000363. The van der Waals surface area contributed by atoms with Crippen LogP contribution in [0.1, 0.15) is 50.9 Å². The lowest BCUT2D eigenvalue weighted by Crippen LogP contribution is -2.50. The number of hydrogen-bond donors (Lipinski definition) is 2. The van der Waals surface area contributed by atoms with E-state index in [0.29, 0.717) is 18.5 Å². The molecule has 1 aromatic carbocycles. The highest BCUT2D eigenvalue weighted by atomic mass is 127. The maximum Gasteiger partial charge on any atom is 0.225 e. The molecule has 0 atom stereocenters. The van der Waals surface area contributed by atoms with Gasteiger partial charge in [0.25, 0.3) is 0 Å². The molecule has 32 heavy (non-hydrogen) atoms. The number of amides is 1. The normalized spacial score (nSPS) is 14.8. The molecule has 1 saturated heterocycles. The molecule has 1 aliphatic rings. The van der Waals surface area contributed by atoms with Crippen molar-refractivity contribution >= 4 is 35.8 Å². The third-order valence-electron chi connectivity index (χ3n) is 5.99. The Morgan fingerprint density at radius 2 is 1.84 bits per heavy atom. The smallest absolute Gasteiger partial charge is 0.225 e. The molecule has 0 unspecified atom stereocenters. The van der Waals surface area contributed by atoms with Crippen LogP contribution in [0.4, 0.5) is 0 Å². The second-order valence-electron chi connectivity index (χ2n) is 8.16. The van der Waals surface area contributed by atoms with Gasteiger partial charge in [0.2, 0.25) is 5.91 Å². The molecule has 0 radical (unpaired) electrons. The number of likely N-dealkylation sites (tertiary alicyclic amines) is 1. The number of nitrogens with one attached hydrogen (secondary N) is 2. The lowest BCUT2D eigenvalue weighted by Gasteiger charge is -2.35. The molecule has 2 aromatic rings. The van der Waals surface area contributed by atoms with Crippen LogP contribution < -0.4 is 10.6 Å². The van der Waals surface area contributed by atoms with Crippen molar-refractivity contribution in [2.45, 2.75) is 58.5 Å². The van der Waals surface area contributed by atoms with Gasteiger partial charge in [-0.1, -0.05) is 44.2 Å². The minimum Gasteiger partial charge on any atom is -0.469 e. The van der Waals surface area contributed by atoms with Crippen LogP contribution in [-0.4, -0.2) is 42.4 Å². The van der Waals surface area contributed by atoms with E-state index in [0.717, 1.165) is 63.5 Å².